The van der Waals surface area contributed by atoms with E-state index in [1.165, 1.54) is 26.3 Å². The van der Waals surface area contributed by atoms with E-state index in [2.05, 4.69) is 26.5 Å². The monoisotopic (exact) mass is 235 g/mol. The molecule has 0 amide bonds. The molecule has 1 saturated heterocycles. The van der Waals surface area contributed by atoms with Gasteiger partial charge >= 0.3 is 5.97 Å². The smallest absolute Gasteiger partial charge is 0.356 e. The molecule has 5 nitrogen and oxygen atoms in total. The molecule has 1 fully saturated rings. The number of esters is 1. The van der Waals surface area contributed by atoms with E-state index >= 15 is 0 Å². The van der Waals surface area contributed by atoms with Crippen molar-refractivity contribution in [2.75, 3.05) is 18.6 Å². The molecule has 0 unspecified atom stereocenters. The molecule has 1 atom stereocenters. The molecular formula is C12H17N3O2. The zero-order valence-electron chi connectivity index (χ0n) is 10.2. The van der Waals surface area contributed by atoms with E-state index in [1.54, 1.807) is 6.07 Å². The average Bonchev–Trinajstić information content (AvgIpc) is 2.38. The average molecular weight is 235 g/mol. The van der Waals surface area contributed by atoms with Crippen LogP contribution < -0.4 is 4.90 Å². The normalized spacial score (nSPS) is 20.1. The van der Waals surface area contributed by atoms with Gasteiger partial charge in [0.25, 0.3) is 0 Å². The van der Waals surface area contributed by atoms with Crippen LogP contribution in [0.4, 0.5) is 5.82 Å². The molecule has 17 heavy (non-hydrogen) atoms. The third kappa shape index (κ3) is 2.54. The molecule has 0 aliphatic carbocycles. The van der Waals surface area contributed by atoms with E-state index in [4.69, 9.17) is 0 Å². The lowest BCUT2D eigenvalue weighted by Crippen LogP contribution is -2.38. The molecule has 2 rings (SSSR count). The van der Waals surface area contributed by atoms with Crippen LogP contribution in [-0.4, -0.2) is 35.6 Å². The predicted octanol–water partition coefficient (Wildman–Crippen LogP) is 1.64. The van der Waals surface area contributed by atoms with Gasteiger partial charge in [-0.15, -0.1) is 0 Å². The molecule has 5 heteroatoms. The largest absolute Gasteiger partial charge is 0.464 e. The second-order valence-electron chi connectivity index (χ2n) is 4.29. The Morgan fingerprint density at radius 1 is 1.47 bits per heavy atom. The summed E-state index contributed by atoms with van der Waals surface area (Å²) in [6.45, 7) is 3.16. The van der Waals surface area contributed by atoms with Crippen LogP contribution in [-0.2, 0) is 4.74 Å². The minimum absolute atomic E-state index is 0.315. The van der Waals surface area contributed by atoms with Crippen molar-refractivity contribution in [2.45, 2.75) is 32.2 Å². The highest BCUT2D eigenvalue weighted by atomic mass is 16.5. The molecular weight excluding hydrogens is 218 g/mol. The Kier molecular flexibility index (Phi) is 3.56. The summed E-state index contributed by atoms with van der Waals surface area (Å²) in [4.78, 5) is 21.8. The molecule has 0 saturated carbocycles. The van der Waals surface area contributed by atoms with Crippen LogP contribution in [0.1, 0.15) is 36.7 Å². The number of nitrogens with zero attached hydrogens (tertiary/aromatic N) is 3. The van der Waals surface area contributed by atoms with Gasteiger partial charge in [0.1, 0.15) is 12.1 Å². The van der Waals surface area contributed by atoms with Gasteiger partial charge in [-0.2, -0.15) is 0 Å². The van der Waals surface area contributed by atoms with Crippen molar-refractivity contribution < 1.29 is 9.53 Å². The first-order valence-electron chi connectivity index (χ1n) is 5.89. The predicted molar refractivity (Wildman–Crippen MR) is 64.0 cm³/mol. The second-order valence-corrected chi connectivity index (χ2v) is 4.29. The van der Waals surface area contributed by atoms with Gasteiger partial charge in [-0.3, -0.25) is 0 Å². The number of piperidine rings is 1. The first kappa shape index (κ1) is 11.8. The Balaban J connectivity index is 2.23. The minimum atomic E-state index is -0.418. The van der Waals surface area contributed by atoms with Crippen molar-refractivity contribution in [1.82, 2.24) is 9.97 Å². The Morgan fingerprint density at radius 2 is 2.29 bits per heavy atom. The van der Waals surface area contributed by atoms with Crippen molar-refractivity contribution in [3.63, 3.8) is 0 Å². The highest BCUT2D eigenvalue weighted by Crippen LogP contribution is 2.22. The fourth-order valence-corrected chi connectivity index (χ4v) is 2.16. The molecule has 1 aromatic rings. The third-order valence-corrected chi connectivity index (χ3v) is 3.14. The maximum Gasteiger partial charge on any atom is 0.356 e. The minimum Gasteiger partial charge on any atom is -0.464 e. The first-order valence-corrected chi connectivity index (χ1v) is 5.89. The lowest BCUT2D eigenvalue weighted by atomic mass is 10.0. The van der Waals surface area contributed by atoms with Gasteiger partial charge in [0.2, 0.25) is 0 Å². The molecule has 1 aliphatic heterocycles. The van der Waals surface area contributed by atoms with Crippen LogP contribution in [0, 0.1) is 0 Å². The SMILES string of the molecule is COC(=O)c1cc(N2CCCC[C@@H]2C)ncn1. The summed E-state index contributed by atoms with van der Waals surface area (Å²) in [7, 11) is 1.35. The number of carbonyl (C=O) groups is 1. The van der Waals surface area contributed by atoms with Gasteiger partial charge in [0, 0.05) is 18.7 Å². The fraction of sp³-hybridized carbons (Fsp3) is 0.583. The number of hydrogen-bond acceptors (Lipinski definition) is 5. The van der Waals surface area contributed by atoms with Crippen LogP contribution in [0.5, 0.6) is 0 Å². The van der Waals surface area contributed by atoms with E-state index in [0.717, 1.165) is 18.8 Å². The van der Waals surface area contributed by atoms with Gasteiger partial charge < -0.3 is 9.64 Å². The standard InChI is InChI=1S/C12H17N3O2/c1-9-5-3-4-6-15(9)11-7-10(12(16)17-2)13-8-14-11/h7-9H,3-6H2,1-2H3/t9-/m0/s1. The van der Waals surface area contributed by atoms with Crippen molar-refractivity contribution in [2.24, 2.45) is 0 Å². The molecule has 0 radical (unpaired) electrons. The van der Waals surface area contributed by atoms with Crippen LogP contribution in [0.3, 0.4) is 0 Å². The number of anilines is 1. The Morgan fingerprint density at radius 3 is 3.00 bits per heavy atom. The van der Waals surface area contributed by atoms with Crippen LogP contribution in [0.2, 0.25) is 0 Å². The number of hydrogen-bond donors (Lipinski definition) is 0. The summed E-state index contributed by atoms with van der Waals surface area (Å²) >= 11 is 0. The Bertz CT molecular complexity index is 408. The van der Waals surface area contributed by atoms with Gasteiger partial charge in [-0.1, -0.05) is 0 Å². The van der Waals surface area contributed by atoms with Crippen molar-refractivity contribution in [1.29, 1.82) is 0 Å². The molecule has 0 N–H and O–H groups in total. The molecule has 0 aromatic carbocycles. The maximum absolute atomic E-state index is 11.4. The zero-order chi connectivity index (χ0) is 12.3. The number of aromatic nitrogens is 2. The molecule has 1 aliphatic rings. The Hall–Kier alpha value is -1.65. The lowest BCUT2D eigenvalue weighted by Gasteiger charge is -2.34. The molecule has 1 aromatic heterocycles. The summed E-state index contributed by atoms with van der Waals surface area (Å²) in [5.41, 5.74) is 0.315. The highest BCUT2D eigenvalue weighted by molar-refractivity contribution is 5.87. The fourth-order valence-electron chi connectivity index (χ4n) is 2.16. The molecule has 92 valence electrons. The lowest BCUT2D eigenvalue weighted by molar-refractivity contribution is 0.0594. The topological polar surface area (TPSA) is 55.3 Å². The number of ether oxygens (including phenoxy) is 1. The van der Waals surface area contributed by atoms with E-state index in [-0.39, 0.29) is 0 Å². The summed E-state index contributed by atoms with van der Waals surface area (Å²) < 4.78 is 4.66. The molecule has 0 spiro atoms. The van der Waals surface area contributed by atoms with Gasteiger partial charge in [-0.25, -0.2) is 14.8 Å². The second kappa shape index (κ2) is 5.12. The zero-order valence-corrected chi connectivity index (χ0v) is 10.2. The highest BCUT2D eigenvalue weighted by Gasteiger charge is 2.20. The quantitative estimate of drug-likeness (QED) is 0.729. The van der Waals surface area contributed by atoms with Crippen LogP contribution >= 0.6 is 0 Å². The summed E-state index contributed by atoms with van der Waals surface area (Å²) in [5, 5.41) is 0. The summed E-state index contributed by atoms with van der Waals surface area (Å²) in [5.74, 6) is 0.394. The summed E-state index contributed by atoms with van der Waals surface area (Å²) in [6, 6.07) is 2.16. The van der Waals surface area contributed by atoms with Crippen molar-refractivity contribution in [3.05, 3.63) is 18.1 Å². The van der Waals surface area contributed by atoms with Crippen molar-refractivity contribution in [3.8, 4) is 0 Å². The number of carbonyl (C=O) groups excluding carboxylic acids is 1. The van der Waals surface area contributed by atoms with E-state index in [1.807, 2.05) is 0 Å². The molecule has 2 heterocycles. The number of rotatable bonds is 2. The van der Waals surface area contributed by atoms with Crippen LogP contribution in [0.25, 0.3) is 0 Å². The van der Waals surface area contributed by atoms with Gasteiger partial charge in [0.15, 0.2) is 5.69 Å². The molecule has 0 bridgehead atoms. The van der Waals surface area contributed by atoms with E-state index < -0.39 is 5.97 Å². The van der Waals surface area contributed by atoms with E-state index in [9.17, 15) is 4.79 Å². The third-order valence-electron chi connectivity index (χ3n) is 3.14. The summed E-state index contributed by atoms with van der Waals surface area (Å²) in [6.07, 6.45) is 5.01. The van der Waals surface area contributed by atoms with Gasteiger partial charge in [0.05, 0.1) is 7.11 Å². The number of methoxy groups -OCH3 is 1. The maximum atomic E-state index is 11.4. The Labute approximate surface area is 101 Å². The van der Waals surface area contributed by atoms with E-state index in [0.29, 0.717) is 11.7 Å². The van der Waals surface area contributed by atoms with Gasteiger partial charge in [-0.05, 0) is 26.2 Å². The first-order chi connectivity index (χ1) is 8.22. The van der Waals surface area contributed by atoms with Crippen LogP contribution in [0.15, 0.2) is 12.4 Å². The van der Waals surface area contributed by atoms with Crippen molar-refractivity contribution >= 4 is 11.8 Å².